The predicted molar refractivity (Wildman–Crippen MR) is 149 cm³/mol. The van der Waals surface area contributed by atoms with Crippen LogP contribution in [0.5, 0.6) is 0 Å². The lowest BCUT2D eigenvalue weighted by Crippen LogP contribution is -2.42. The molecule has 0 atom stereocenters. The Morgan fingerprint density at radius 2 is 1.76 bits per heavy atom. The van der Waals surface area contributed by atoms with Gasteiger partial charge in [0.15, 0.2) is 0 Å². The zero-order valence-electron chi connectivity index (χ0n) is 21.9. The zero-order chi connectivity index (χ0) is 26.6. The van der Waals surface area contributed by atoms with Crippen molar-refractivity contribution in [3.05, 3.63) is 65.6 Å². The van der Waals surface area contributed by atoms with Gasteiger partial charge >= 0.3 is 11.7 Å². The molecule has 0 unspecified atom stereocenters. The van der Waals surface area contributed by atoms with E-state index >= 15 is 0 Å². The number of fused-ring (bicyclic) bond motifs is 3. The van der Waals surface area contributed by atoms with Crippen LogP contribution in [0.2, 0.25) is 0 Å². The van der Waals surface area contributed by atoms with Gasteiger partial charge in [0.2, 0.25) is 0 Å². The van der Waals surface area contributed by atoms with E-state index in [4.69, 9.17) is 0 Å². The van der Waals surface area contributed by atoms with E-state index in [0.717, 1.165) is 76.8 Å². The normalized spacial score (nSPS) is 13.4. The van der Waals surface area contributed by atoms with Gasteiger partial charge < -0.3 is 15.2 Å². The van der Waals surface area contributed by atoms with Crippen molar-refractivity contribution < 1.29 is 4.79 Å². The molecule has 5 aromatic rings. The van der Waals surface area contributed by atoms with Gasteiger partial charge in [0.25, 0.3) is 0 Å². The highest BCUT2D eigenvalue weighted by atomic mass is 16.2. The van der Waals surface area contributed by atoms with Crippen molar-refractivity contribution in [2.75, 3.05) is 19.6 Å². The van der Waals surface area contributed by atoms with Crippen LogP contribution >= 0.6 is 0 Å². The molecule has 1 fully saturated rings. The van der Waals surface area contributed by atoms with Crippen LogP contribution in [0.1, 0.15) is 26.2 Å². The number of carbonyl (C=O) groups is 1. The summed E-state index contributed by atoms with van der Waals surface area (Å²) >= 11 is 0. The number of imidazole rings is 1. The lowest BCUT2D eigenvalue weighted by molar-refractivity contribution is 0.187. The van der Waals surface area contributed by atoms with Crippen molar-refractivity contribution in [3.63, 3.8) is 0 Å². The molecule has 4 aromatic heterocycles. The van der Waals surface area contributed by atoms with Gasteiger partial charge in [-0.15, -0.1) is 0 Å². The van der Waals surface area contributed by atoms with Crippen LogP contribution in [0.3, 0.4) is 0 Å². The number of likely N-dealkylation sites (tertiary alicyclic amines) is 1. The van der Waals surface area contributed by atoms with Crippen LogP contribution in [0, 0.1) is 0 Å². The van der Waals surface area contributed by atoms with Gasteiger partial charge in [0, 0.05) is 62.6 Å². The number of carbonyl (C=O) groups excluding carboxylic acids is 1. The van der Waals surface area contributed by atoms with Gasteiger partial charge in [0.1, 0.15) is 0 Å². The van der Waals surface area contributed by atoms with Crippen molar-refractivity contribution in [3.8, 4) is 22.4 Å². The van der Waals surface area contributed by atoms with E-state index < -0.39 is 0 Å². The maximum Gasteiger partial charge on any atom is 0.326 e. The summed E-state index contributed by atoms with van der Waals surface area (Å²) in [6.07, 6.45) is 10.9. The maximum atomic E-state index is 12.0. The molecule has 196 valence electrons. The number of aryl methyl sites for hydroxylation is 2. The van der Waals surface area contributed by atoms with Crippen molar-refractivity contribution in [2.24, 2.45) is 14.1 Å². The minimum Gasteiger partial charge on any atom is -0.338 e. The average Bonchev–Trinajstić information content (AvgIpc) is 3.52. The Kier molecular flexibility index (Phi) is 7.21. The summed E-state index contributed by atoms with van der Waals surface area (Å²) in [5.41, 5.74) is 6.16. The predicted octanol–water partition coefficient (Wildman–Crippen LogP) is 4.08. The topological polar surface area (TPSA) is 114 Å². The molecule has 38 heavy (non-hydrogen) atoms. The molecular weight excluding hydrogens is 480 g/mol. The molecule has 1 aromatic carbocycles. The van der Waals surface area contributed by atoms with Gasteiger partial charge in [-0.1, -0.05) is 12.1 Å². The lowest BCUT2D eigenvalue weighted by atomic mass is 10.0. The van der Waals surface area contributed by atoms with Gasteiger partial charge in [-0.3, -0.25) is 19.2 Å². The van der Waals surface area contributed by atoms with E-state index in [-0.39, 0.29) is 11.7 Å². The van der Waals surface area contributed by atoms with Gasteiger partial charge in [-0.25, -0.2) is 9.59 Å². The lowest BCUT2D eigenvalue weighted by Gasteiger charge is -2.26. The van der Waals surface area contributed by atoms with E-state index in [0.29, 0.717) is 0 Å². The average molecular weight is 513 g/mol. The third-order valence-corrected chi connectivity index (χ3v) is 6.81. The fourth-order valence-electron chi connectivity index (χ4n) is 4.70. The standard InChI is InChI=1S/C20H16N6O.C8H16N2O/c1-25-11-14(9-23-25)16-5-4-13(8-21-16)12-3-6-17-15(7-12)19-18(10-22-17)26(2)20(27)24-19;1-2-9-8(11)10-6-4-3-5-7-10/h3-11H,1-2H3,(H,24,27);2-7H2,1H3,(H,9,11). The number of aromatic amines is 1. The number of nitrogens with one attached hydrogen (secondary N) is 2. The van der Waals surface area contributed by atoms with E-state index in [1.54, 1.807) is 28.7 Å². The quantitative estimate of drug-likeness (QED) is 0.378. The number of H-pyrrole nitrogens is 1. The molecule has 0 spiro atoms. The molecule has 2 amide bonds. The summed E-state index contributed by atoms with van der Waals surface area (Å²) in [6.45, 7) is 4.55. The van der Waals surface area contributed by atoms with Gasteiger partial charge in [0.05, 0.1) is 34.6 Å². The van der Waals surface area contributed by atoms with Crippen molar-refractivity contribution >= 4 is 28.0 Å². The number of nitrogens with zero attached hydrogens (tertiary/aromatic N) is 6. The second kappa shape index (κ2) is 10.9. The Bertz CT molecular complexity index is 1620. The SMILES string of the molecule is CCNC(=O)N1CCCCC1.Cn1cc(-c2ccc(-c3ccc4ncc5c([nH]c(=O)n5C)c4c3)cn2)cn1. The second-order valence-electron chi connectivity index (χ2n) is 9.46. The molecular formula is C28H32N8O2. The number of aromatic nitrogens is 6. The fourth-order valence-corrected chi connectivity index (χ4v) is 4.70. The maximum absolute atomic E-state index is 12.0. The van der Waals surface area contributed by atoms with Crippen LogP contribution in [0.15, 0.2) is 59.9 Å². The smallest absolute Gasteiger partial charge is 0.326 e. The summed E-state index contributed by atoms with van der Waals surface area (Å²) in [5, 5.41) is 7.90. The number of piperidine rings is 1. The molecule has 5 heterocycles. The van der Waals surface area contributed by atoms with E-state index in [2.05, 4.69) is 25.4 Å². The number of hydrogen-bond acceptors (Lipinski definition) is 5. The molecule has 0 aliphatic carbocycles. The minimum absolute atomic E-state index is 0.104. The van der Waals surface area contributed by atoms with Crippen molar-refractivity contribution in [2.45, 2.75) is 26.2 Å². The Morgan fingerprint density at radius 1 is 0.974 bits per heavy atom. The minimum atomic E-state index is -0.146. The molecule has 1 aliphatic heterocycles. The highest BCUT2D eigenvalue weighted by Gasteiger charge is 2.14. The number of rotatable bonds is 3. The number of pyridine rings is 2. The van der Waals surface area contributed by atoms with Crippen molar-refractivity contribution in [1.82, 2.24) is 39.5 Å². The van der Waals surface area contributed by atoms with E-state index in [9.17, 15) is 9.59 Å². The zero-order valence-corrected chi connectivity index (χ0v) is 21.9. The van der Waals surface area contributed by atoms with Crippen LogP contribution < -0.4 is 11.0 Å². The molecule has 0 radical (unpaired) electrons. The van der Waals surface area contributed by atoms with E-state index in [1.807, 2.05) is 61.6 Å². The largest absolute Gasteiger partial charge is 0.338 e. The first kappa shape index (κ1) is 25.2. The number of benzene rings is 1. The molecule has 0 saturated carbocycles. The highest BCUT2D eigenvalue weighted by molar-refractivity contribution is 6.03. The van der Waals surface area contributed by atoms with Crippen molar-refractivity contribution in [1.29, 1.82) is 0 Å². The summed E-state index contributed by atoms with van der Waals surface area (Å²) < 4.78 is 3.33. The number of urea groups is 1. The van der Waals surface area contributed by atoms with Gasteiger partial charge in [-0.05, 0) is 49.9 Å². The molecule has 1 saturated heterocycles. The summed E-state index contributed by atoms with van der Waals surface area (Å²) in [4.78, 5) is 37.0. The Hall–Kier alpha value is -4.47. The Morgan fingerprint density at radius 3 is 2.45 bits per heavy atom. The molecule has 0 bridgehead atoms. The number of amides is 2. The summed E-state index contributed by atoms with van der Waals surface area (Å²) in [6, 6.07) is 10.2. The van der Waals surface area contributed by atoms with Gasteiger partial charge in [-0.2, -0.15) is 5.10 Å². The Balaban J connectivity index is 0.000000226. The van der Waals surface area contributed by atoms with E-state index in [1.165, 1.54) is 6.42 Å². The van der Waals surface area contributed by atoms with Crippen LogP contribution in [0.25, 0.3) is 44.3 Å². The summed E-state index contributed by atoms with van der Waals surface area (Å²) in [5.74, 6) is 0. The molecule has 1 aliphatic rings. The highest BCUT2D eigenvalue weighted by Crippen LogP contribution is 2.28. The monoisotopic (exact) mass is 512 g/mol. The van der Waals surface area contributed by atoms with Crippen LogP contribution in [0.4, 0.5) is 4.79 Å². The molecule has 6 rings (SSSR count). The molecule has 10 nitrogen and oxygen atoms in total. The summed E-state index contributed by atoms with van der Waals surface area (Å²) in [7, 11) is 3.62. The second-order valence-corrected chi connectivity index (χ2v) is 9.46. The van der Waals surface area contributed by atoms with Crippen LogP contribution in [-0.4, -0.2) is 59.9 Å². The molecule has 10 heteroatoms. The van der Waals surface area contributed by atoms with Crippen LogP contribution in [-0.2, 0) is 14.1 Å². The Labute approximate surface area is 220 Å². The first-order chi connectivity index (χ1) is 18.4. The first-order valence-electron chi connectivity index (χ1n) is 12.9. The molecule has 2 N–H and O–H groups in total. The number of hydrogen-bond donors (Lipinski definition) is 2. The third-order valence-electron chi connectivity index (χ3n) is 6.81. The fraction of sp³-hybridized carbons (Fsp3) is 0.321. The third kappa shape index (κ3) is 5.15. The first-order valence-corrected chi connectivity index (χ1v) is 12.9.